The molecule has 0 radical (unpaired) electrons. The first kappa shape index (κ1) is 18.6. The highest BCUT2D eigenvalue weighted by Crippen LogP contribution is 2.29. The van der Waals surface area contributed by atoms with Crippen molar-refractivity contribution in [2.24, 2.45) is 0 Å². The molecule has 5 heteroatoms. The van der Waals surface area contributed by atoms with Gasteiger partial charge in [0.1, 0.15) is 17.2 Å². The second-order valence-corrected chi connectivity index (χ2v) is 5.59. The first-order chi connectivity index (χ1) is 12.0. The lowest BCUT2D eigenvalue weighted by atomic mass is 10.2. The molecule has 2 aromatic carbocycles. The standard InChI is InChI=1S/C20H25NO4/c1-5-23-16-10-11-19(24-6-2)18(13-16)21-20(22)15(4)25-17-9-7-8-14(3)12-17/h7-13,15H,5-6H2,1-4H3,(H,21,22). The van der Waals surface area contributed by atoms with Crippen LogP contribution in [0.4, 0.5) is 5.69 Å². The van der Waals surface area contributed by atoms with Gasteiger partial charge in [0.2, 0.25) is 0 Å². The highest BCUT2D eigenvalue weighted by atomic mass is 16.5. The number of nitrogens with one attached hydrogen (secondary N) is 1. The number of hydrogen-bond acceptors (Lipinski definition) is 4. The van der Waals surface area contributed by atoms with E-state index in [1.165, 1.54) is 0 Å². The summed E-state index contributed by atoms with van der Waals surface area (Å²) in [7, 11) is 0. The Morgan fingerprint density at radius 2 is 1.80 bits per heavy atom. The Balaban J connectivity index is 2.10. The molecule has 1 N–H and O–H groups in total. The molecule has 0 aromatic heterocycles. The van der Waals surface area contributed by atoms with Crippen LogP contribution in [-0.4, -0.2) is 25.2 Å². The molecule has 1 atom stereocenters. The van der Waals surface area contributed by atoms with Gasteiger partial charge in [-0.15, -0.1) is 0 Å². The molecule has 0 aliphatic rings. The van der Waals surface area contributed by atoms with Gasteiger partial charge in [0.25, 0.3) is 5.91 Å². The van der Waals surface area contributed by atoms with Crippen molar-refractivity contribution in [2.75, 3.05) is 18.5 Å². The van der Waals surface area contributed by atoms with Crippen molar-refractivity contribution in [3.05, 3.63) is 48.0 Å². The van der Waals surface area contributed by atoms with Crippen LogP contribution in [0, 0.1) is 6.92 Å². The highest BCUT2D eigenvalue weighted by Gasteiger charge is 2.17. The first-order valence-electron chi connectivity index (χ1n) is 8.47. The Morgan fingerprint density at radius 1 is 1.04 bits per heavy atom. The molecule has 2 rings (SSSR count). The average Bonchev–Trinajstić information content (AvgIpc) is 2.57. The molecule has 1 unspecified atom stereocenters. The molecule has 25 heavy (non-hydrogen) atoms. The van der Waals surface area contributed by atoms with E-state index in [1.807, 2.05) is 51.1 Å². The van der Waals surface area contributed by atoms with Crippen molar-refractivity contribution < 1.29 is 19.0 Å². The van der Waals surface area contributed by atoms with Crippen LogP contribution >= 0.6 is 0 Å². The van der Waals surface area contributed by atoms with Gasteiger partial charge >= 0.3 is 0 Å². The Kier molecular flexibility index (Phi) is 6.69. The minimum Gasteiger partial charge on any atom is -0.494 e. The van der Waals surface area contributed by atoms with E-state index in [2.05, 4.69) is 5.32 Å². The van der Waals surface area contributed by atoms with Crippen molar-refractivity contribution >= 4 is 11.6 Å². The van der Waals surface area contributed by atoms with E-state index in [0.717, 1.165) is 5.56 Å². The number of carbonyl (C=O) groups is 1. The molecular formula is C20H25NO4. The number of anilines is 1. The monoisotopic (exact) mass is 343 g/mol. The fourth-order valence-corrected chi connectivity index (χ4v) is 2.33. The maximum Gasteiger partial charge on any atom is 0.265 e. The lowest BCUT2D eigenvalue weighted by Crippen LogP contribution is -2.30. The number of carbonyl (C=O) groups excluding carboxylic acids is 1. The molecule has 0 heterocycles. The summed E-state index contributed by atoms with van der Waals surface area (Å²) in [6.45, 7) is 8.55. The van der Waals surface area contributed by atoms with Crippen molar-refractivity contribution in [1.82, 2.24) is 0 Å². The second kappa shape index (κ2) is 8.97. The quantitative estimate of drug-likeness (QED) is 0.780. The zero-order valence-electron chi connectivity index (χ0n) is 15.2. The summed E-state index contributed by atoms with van der Waals surface area (Å²) >= 11 is 0. The van der Waals surface area contributed by atoms with Crippen LogP contribution in [-0.2, 0) is 4.79 Å². The average molecular weight is 343 g/mol. The van der Waals surface area contributed by atoms with Gasteiger partial charge in [0, 0.05) is 6.07 Å². The molecule has 0 aliphatic heterocycles. The summed E-state index contributed by atoms with van der Waals surface area (Å²) in [6.07, 6.45) is -0.646. The second-order valence-electron chi connectivity index (χ2n) is 5.59. The SMILES string of the molecule is CCOc1ccc(OCC)c(NC(=O)C(C)Oc2cccc(C)c2)c1. The predicted octanol–water partition coefficient (Wildman–Crippen LogP) is 4.20. The Hall–Kier alpha value is -2.69. The molecule has 0 spiro atoms. The summed E-state index contributed by atoms with van der Waals surface area (Å²) in [6, 6.07) is 13.0. The molecular weight excluding hydrogens is 318 g/mol. The third-order valence-electron chi connectivity index (χ3n) is 3.49. The number of rotatable bonds is 8. The number of hydrogen-bond donors (Lipinski definition) is 1. The van der Waals surface area contributed by atoms with E-state index in [-0.39, 0.29) is 5.91 Å². The first-order valence-corrected chi connectivity index (χ1v) is 8.47. The molecule has 134 valence electrons. The predicted molar refractivity (Wildman–Crippen MR) is 98.7 cm³/mol. The fourth-order valence-electron chi connectivity index (χ4n) is 2.33. The lowest BCUT2D eigenvalue weighted by Gasteiger charge is -2.17. The molecule has 0 aliphatic carbocycles. The number of amides is 1. The summed E-state index contributed by atoms with van der Waals surface area (Å²) in [5.74, 6) is 1.68. The van der Waals surface area contributed by atoms with Crippen molar-refractivity contribution in [2.45, 2.75) is 33.8 Å². The van der Waals surface area contributed by atoms with Crippen molar-refractivity contribution in [3.63, 3.8) is 0 Å². The van der Waals surface area contributed by atoms with Gasteiger partial charge in [-0.2, -0.15) is 0 Å². The van der Waals surface area contributed by atoms with Gasteiger partial charge in [-0.05, 0) is 57.5 Å². The maximum absolute atomic E-state index is 12.5. The van der Waals surface area contributed by atoms with E-state index in [1.54, 1.807) is 19.1 Å². The molecule has 0 saturated carbocycles. The lowest BCUT2D eigenvalue weighted by molar-refractivity contribution is -0.122. The zero-order valence-corrected chi connectivity index (χ0v) is 15.2. The highest BCUT2D eigenvalue weighted by molar-refractivity contribution is 5.95. The Bertz CT molecular complexity index is 715. The molecule has 5 nitrogen and oxygen atoms in total. The van der Waals surface area contributed by atoms with Gasteiger partial charge in [-0.3, -0.25) is 4.79 Å². The van der Waals surface area contributed by atoms with Crippen molar-refractivity contribution in [1.29, 1.82) is 0 Å². The minimum atomic E-state index is -0.646. The van der Waals surface area contributed by atoms with Crippen LogP contribution in [0.3, 0.4) is 0 Å². The van der Waals surface area contributed by atoms with Crippen LogP contribution in [0.15, 0.2) is 42.5 Å². The smallest absolute Gasteiger partial charge is 0.265 e. The van der Waals surface area contributed by atoms with Gasteiger partial charge in [-0.1, -0.05) is 12.1 Å². The van der Waals surface area contributed by atoms with Crippen LogP contribution in [0.2, 0.25) is 0 Å². The molecule has 0 fully saturated rings. The summed E-state index contributed by atoms with van der Waals surface area (Å²) in [5, 5.41) is 2.86. The topological polar surface area (TPSA) is 56.8 Å². The normalized spacial score (nSPS) is 11.5. The maximum atomic E-state index is 12.5. The fraction of sp³-hybridized carbons (Fsp3) is 0.350. The third kappa shape index (κ3) is 5.41. The van der Waals surface area contributed by atoms with E-state index in [0.29, 0.717) is 36.1 Å². The summed E-state index contributed by atoms with van der Waals surface area (Å²) in [4.78, 5) is 12.5. The van der Waals surface area contributed by atoms with E-state index >= 15 is 0 Å². The van der Waals surface area contributed by atoms with Gasteiger partial charge in [-0.25, -0.2) is 0 Å². The summed E-state index contributed by atoms with van der Waals surface area (Å²) < 4.78 is 16.8. The minimum absolute atomic E-state index is 0.254. The largest absolute Gasteiger partial charge is 0.494 e. The molecule has 2 aromatic rings. The Labute approximate surface area is 148 Å². The van der Waals surface area contributed by atoms with Crippen LogP contribution in [0.1, 0.15) is 26.3 Å². The van der Waals surface area contributed by atoms with Gasteiger partial charge in [0.05, 0.1) is 18.9 Å². The summed E-state index contributed by atoms with van der Waals surface area (Å²) in [5.41, 5.74) is 1.64. The van der Waals surface area contributed by atoms with Gasteiger partial charge < -0.3 is 19.5 Å². The number of benzene rings is 2. The molecule has 0 saturated heterocycles. The van der Waals surface area contributed by atoms with E-state index < -0.39 is 6.10 Å². The molecule has 0 bridgehead atoms. The van der Waals surface area contributed by atoms with Gasteiger partial charge in [0.15, 0.2) is 6.10 Å². The van der Waals surface area contributed by atoms with Crippen LogP contribution < -0.4 is 19.5 Å². The van der Waals surface area contributed by atoms with E-state index in [4.69, 9.17) is 14.2 Å². The zero-order chi connectivity index (χ0) is 18.2. The van der Waals surface area contributed by atoms with Crippen LogP contribution in [0.25, 0.3) is 0 Å². The number of aryl methyl sites for hydroxylation is 1. The molecule has 1 amide bonds. The third-order valence-corrected chi connectivity index (χ3v) is 3.49. The van der Waals surface area contributed by atoms with E-state index in [9.17, 15) is 4.79 Å². The van der Waals surface area contributed by atoms with Crippen molar-refractivity contribution in [3.8, 4) is 17.2 Å². The number of ether oxygens (including phenoxy) is 3. The Morgan fingerprint density at radius 3 is 2.48 bits per heavy atom. The van der Waals surface area contributed by atoms with Crippen LogP contribution in [0.5, 0.6) is 17.2 Å².